The minimum Gasteiger partial charge on any atom is -0.457 e. The van der Waals surface area contributed by atoms with Crippen molar-refractivity contribution in [2.75, 3.05) is 0 Å². The van der Waals surface area contributed by atoms with Gasteiger partial charge in [-0.2, -0.15) is 5.26 Å². The molecule has 0 radical (unpaired) electrons. The van der Waals surface area contributed by atoms with Crippen molar-refractivity contribution in [3.05, 3.63) is 204 Å². The lowest BCUT2D eigenvalue weighted by Crippen LogP contribution is -2.32. The second-order valence-electron chi connectivity index (χ2n) is 13.2. The van der Waals surface area contributed by atoms with Gasteiger partial charge in [-0.3, -0.25) is 0 Å². The van der Waals surface area contributed by atoms with E-state index in [9.17, 15) is 5.26 Å². The zero-order valence-electron chi connectivity index (χ0n) is 28.0. The molecule has 0 fully saturated rings. The topological polar surface area (TPSA) is 58.8 Å². The largest absolute Gasteiger partial charge is 0.457 e. The molecular formula is C48H29N3O. The van der Waals surface area contributed by atoms with Crippen molar-refractivity contribution in [2.24, 2.45) is 0 Å². The average molecular weight is 664 g/mol. The molecule has 0 bridgehead atoms. The first-order valence-corrected chi connectivity index (χ1v) is 17.4. The zero-order chi connectivity index (χ0) is 34.6. The number of nitriles is 1. The van der Waals surface area contributed by atoms with Gasteiger partial charge in [0.15, 0.2) is 5.82 Å². The second-order valence-corrected chi connectivity index (χ2v) is 13.2. The average Bonchev–Trinajstić information content (AvgIpc) is 3.51. The van der Waals surface area contributed by atoms with Crippen molar-refractivity contribution in [2.45, 2.75) is 5.41 Å². The quantitative estimate of drug-likeness (QED) is 0.188. The van der Waals surface area contributed by atoms with Crippen LogP contribution in [0, 0.1) is 11.3 Å². The van der Waals surface area contributed by atoms with E-state index in [0.717, 1.165) is 84.1 Å². The van der Waals surface area contributed by atoms with Gasteiger partial charge in [0, 0.05) is 33.4 Å². The molecular weight excluding hydrogens is 635 g/mol. The molecule has 0 unspecified atom stereocenters. The highest BCUT2D eigenvalue weighted by atomic mass is 16.5. The third-order valence-corrected chi connectivity index (χ3v) is 10.4. The van der Waals surface area contributed by atoms with Gasteiger partial charge in [-0.15, -0.1) is 0 Å². The van der Waals surface area contributed by atoms with Crippen LogP contribution in [0.25, 0.3) is 56.2 Å². The van der Waals surface area contributed by atoms with Crippen molar-refractivity contribution in [1.82, 2.24) is 9.97 Å². The molecule has 1 aliphatic carbocycles. The fourth-order valence-corrected chi connectivity index (χ4v) is 8.12. The Morgan fingerprint density at radius 2 is 0.981 bits per heavy atom. The summed E-state index contributed by atoms with van der Waals surface area (Å²) in [5.74, 6) is 2.32. The van der Waals surface area contributed by atoms with Gasteiger partial charge in [0.25, 0.3) is 0 Å². The van der Waals surface area contributed by atoms with Crippen LogP contribution in [-0.2, 0) is 5.41 Å². The third-order valence-electron chi connectivity index (χ3n) is 10.4. The number of nitrogens with zero attached hydrogens (tertiary/aromatic N) is 3. The summed E-state index contributed by atoms with van der Waals surface area (Å²) in [6, 6.07) is 62.9. The van der Waals surface area contributed by atoms with Crippen molar-refractivity contribution < 1.29 is 4.74 Å². The number of para-hydroxylation sites is 2. The van der Waals surface area contributed by atoms with Gasteiger partial charge in [-0.1, -0.05) is 146 Å². The Morgan fingerprint density at radius 3 is 1.60 bits per heavy atom. The van der Waals surface area contributed by atoms with Crippen molar-refractivity contribution >= 4 is 0 Å². The number of rotatable bonds is 4. The van der Waals surface area contributed by atoms with Crippen LogP contribution in [0.1, 0.15) is 27.8 Å². The van der Waals surface area contributed by atoms with E-state index in [0.29, 0.717) is 11.4 Å². The Hall–Kier alpha value is -7.09. The van der Waals surface area contributed by atoms with Gasteiger partial charge in [0.05, 0.1) is 28.4 Å². The Labute approximate surface area is 301 Å². The molecule has 4 heteroatoms. The monoisotopic (exact) mass is 663 g/mol. The third kappa shape index (κ3) is 4.47. The predicted octanol–water partition coefficient (Wildman–Crippen LogP) is 11.5. The van der Waals surface area contributed by atoms with E-state index in [2.05, 4.69) is 109 Å². The molecule has 1 aromatic heterocycles. The summed E-state index contributed by atoms with van der Waals surface area (Å²) in [5.41, 5.74) is 13.4. The molecule has 0 amide bonds. The number of ether oxygens (including phenoxy) is 1. The number of fused-ring (bicyclic) bond motifs is 9. The lowest BCUT2D eigenvalue weighted by molar-refractivity contribution is 0.436. The first kappa shape index (κ1) is 29.8. The molecule has 0 saturated carbocycles. The predicted molar refractivity (Wildman–Crippen MR) is 206 cm³/mol. The molecule has 2 heterocycles. The lowest BCUT2D eigenvalue weighted by atomic mass is 9.66. The highest BCUT2D eigenvalue weighted by molar-refractivity contribution is 5.92. The maximum atomic E-state index is 10.3. The van der Waals surface area contributed by atoms with Crippen molar-refractivity contribution in [3.8, 4) is 73.7 Å². The Balaban J connectivity index is 1.13. The molecule has 7 aromatic carbocycles. The van der Waals surface area contributed by atoms with E-state index in [1.54, 1.807) is 0 Å². The first-order chi connectivity index (χ1) is 25.7. The molecule has 0 atom stereocenters. The summed E-state index contributed by atoms with van der Waals surface area (Å²) >= 11 is 0. The molecule has 52 heavy (non-hydrogen) atoms. The molecule has 0 saturated heterocycles. The number of hydrogen-bond donors (Lipinski definition) is 0. The maximum Gasteiger partial charge on any atom is 0.160 e. The Morgan fingerprint density at radius 1 is 0.442 bits per heavy atom. The minimum absolute atomic E-state index is 0.654. The summed E-state index contributed by atoms with van der Waals surface area (Å²) in [6.07, 6.45) is 0. The van der Waals surface area contributed by atoms with Crippen molar-refractivity contribution in [1.29, 1.82) is 5.26 Å². The minimum atomic E-state index is -0.654. The summed E-state index contributed by atoms with van der Waals surface area (Å²) in [5, 5.41) is 10.3. The first-order valence-electron chi connectivity index (χ1n) is 17.4. The van der Waals surface area contributed by atoms with E-state index in [-0.39, 0.29) is 0 Å². The lowest BCUT2D eigenvalue weighted by Gasteiger charge is -2.39. The Bertz CT molecular complexity index is 2610. The number of aromatic nitrogens is 2. The number of hydrogen-bond acceptors (Lipinski definition) is 4. The van der Waals surface area contributed by atoms with Crippen LogP contribution in [0.4, 0.5) is 0 Å². The highest BCUT2D eigenvalue weighted by Gasteiger charge is 2.51. The van der Waals surface area contributed by atoms with E-state index < -0.39 is 5.41 Å². The zero-order valence-corrected chi connectivity index (χ0v) is 28.0. The molecule has 4 nitrogen and oxygen atoms in total. The van der Waals surface area contributed by atoms with Crippen LogP contribution < -0.4 is 4.74 Å². The second kappa shape index (κ2) is 11.8. The van der Waals surface area contributed by atoms with E-state index >= 15 is 0 Å². The standard InChI is InChI=1S/C48H29N3O/c49-30-36-16-11-19-40-46(36)37-27-26-35(28-41(37)48(40)38-17-7-9-20-44(38)52-45-21-10-8-18-39(45)48)31-22-24-34(25-23-31)47-50-42(32-12-3-1-4-13-32)29-43(51-47)33-14-5-2-6-15-33/h1-29H. The smallest absolute Gasteiger partial charge is 0.160 e. The molecule has 0 N–H and O–H groups in total. The molecule has 10 rings (SSSR count). The van der Waals surface area contributed by atoms with Crippen LogP contribution in [-0.4, -0.2) is 9.97 Å². The van der Waals surface area contributed by atoms with E-state index in [4.69, 9.17) is 14.7 Å². The van der Waals surface area contributed by atoms with Gasteiger partial charge >= 0.3 is 0 Å². The van der Waals surface area contributed by atoms with Gasteiger partial charge in [-0.05, 0) is 58.1 Å². The normalized spacial score (nSPS) is 12.9. The van der Waals surface area contributed by atoms with Gasteiger partial charge in [0.2, 0.25) is 0 Å². The molecule has 242 valence electrons. The SMILES string of the molecule is N#Cc1cccc2c1-c1ccc(-c3ccc(-c4nc(-c5ccccc5)cc(-c5ccccc5)n4)cc3)cc1C21c2ccccc2Oc2ccccc21. The van der Waals surface area contributed by atoms with Crippen LogP contribution in [0.2, 0.25) is 0 Å². The van der Waals surface area contributed by atoms with Crippen LogP contribution >= 0.6 is 0 Å². The number of benzene rings is 7. The summed E-state index contributed by atoms with van der Waals surface area (Å²) < 4.78 is 6.52. The molecule has 2 aliphatic rings. The Kier molecular flexibility index (Phi) is 6.74. The van der Waals surface area contributed by atoms with Gasteiger partial charge < -0.3 is 4.74 Å². The summed E-state index contributed by atoms with van der Waals surface area (Å²) in [7, 11) is 0. The summed E-state index contributed by atoms with van der Waals surface area (Å²) in [6.45, 7) is 0. The molecule has 1 aliphatic heterocycles. The van der Waals surface area contributed by atoms with E-state index in [1.807, 2.05) is 72.8 Å². The van der Waals surface area contributed by atoms with Gasteiger partial charge in [-0.25, -0.2) is 9.97 Å². The molecule has 8 aromatic rings. The summed E-state index contributed by atoms with van der Waals surface area (Å²) in [4.78, 5) is 10.1. The maximum absolute atomic E-state index is 10.3. The highest BCUT2D eigenvalue weighted by Crippen LogP contribution is 2.62. The van der Waals surface area contributed by atoms with Crippen LogP contribution in [0.3, 0.4) is 0 Å². The fraction of sp³-hybridized carbons (Fsp3) is 0.0208. The van der Waals surface area contributed by atoms with Crippen LogP contribution in [0.15, 0.2) is 176 Å². The van der Waals surface area contributed by atoms with Crippen LogP contribution in [0.5, 0.6) is 11.5 Å². The van der Waals surface area contributed by atoms with Crippen molar-refractivity contribution in [3.63, 3.8) is 0 Å². The van der Waals surface area contributed by atoms with Gasteiger partial charge in [0.1, 0.15) is 11.5 Å². The fourth-order valence-electron chi connectivity index (χ4n) is 8.12. The molecule has 1 spiro atoms. The van der Waals surface area contributed by atoms with E-state index in [1.165, 1.54) is 0 Å².